The summed E-state index contributed by atoms with van der Waals surface area (Å²) in [6.07, 6.45) is 22.3. The number of unbranched alkanes of at least 4 members (excludes halogenated alkanes) is 15. The summed E-state index contributed by atoms with van der Waals surface area (Å²) in [5, 5.41) is 0. The molecule has 0 amide bonds. The smallest absolute Gasteiger partial charge is 0.330 e. The highest BCUT2D eigenvalue weighted by Gasteiger charge is 2.20. The third kappa shape index (κ3) is 31.7. The number of esters is 6. The summed E-state index contributed by atoms with van der Waals surface area (Å²) in [6, 6.07) is 17.3. The van der Waals surface area contributed by atoms with Gasteiger partial charge in [-0.2, -0.15) is 0 Å². The summed E-state index contributed by atoms with van der Waals surface area (Å²) < 4.78 is 71.3. The number of ether oxygens (including phenoxy) is 6. The van der Waals surface area contributed by atoms with E-state index in [-0.39, 0.29) is 69.7 Å². The first kappa shape index (κ1) is 59.8. The van der Waals surface area contributed by atoms with Crippen LogP contribution in [0.15, 0.2) is 91.0 Å². The Hall–Kier alpha value is -6.51. The fourth-order valence-electron chi connectivity index (χ4n) is 6.99. The second kappa shape index (κ2) is 38.2. The SMILES string of the molecule is O=C(C=Cc1ccc(F)cc1)OCCCCCCCCC(=O)OCC(COC(=O)CCCCCCCCOC(=O)C=Cc1ccc(F)cc1)OC(=O)CCCCCCCCOC(=O)C=Cc1ccc(F)cc1. The average Bonchev–Trinajstić information content (AvgIpc) is 3.37. The van der Waals surface area contributed by atoms with Gasteiger partial charge in [-0.3, -0.25) is 14.4 Å². The molecule has 72 heavy (non-hydrogen) atoms. The molecule has 0 bridgehead atoms. The van der Waals surface area contributed by atoms with Gasteiger partial charge in [0.05, 0.1) is 19.8 Å². The molecule has 3 aromatic carbocycles. The van der Waals surface area contributed by atoms with E-state index in [0.29, 0.717) is 55.2 Å². The second-order valence-electron chi connectivity index (χ2n) is 17.2. The maximum atomic E-state index is 13.1. The molecule has 15 heteroatoms. The average molecular weight is 1010 g/mol. The van der Waals surface area contributed by atoms with E-state index in [2.05, 4.69) is 0 Å². The van der Waals surface area contributed by atoms with E-state index in [4.69, 9.17) is 28.4 Å². The van der Waals surface area contributed by atoms with Crippen molar-refractivity contribution in [2.45, 2.75) is 141 Å². The van der Waals surface area contributed by atoms with Crippen LogP contribution in [0.3, 0.4) is 0 Å². The number of carbonyl (C=O) groups excluding carboxylic acids is 6. The predicted octanol–water partition coefficient (Wildman–Crippen LogP) is 12.4. The van der Waals surface area contributed by atoms with Gasteiger partial charge in [-0.25, -0.2) is 27.6 Å². The highest BCUT2D eigenvalue weighted by atomic mass is 19.1. The fourth-order valence-corrected chi connectivity index (χ4v) is 6.99. The Kier molecular flexibility index (Phi) is 31.7. The van der Waals surface area contributed by atoms with Crippen LogP contribution in [0, 0.1) is 17.5 Å². The molecule has 0 atom stereocenters. The molecule has 0 aliphatic rings. The van der Waals surface area contributed by atoms with Gasteiger partial charge in [0.25, 0.3) is 0 Å². The molecule has 0 fully saturated rings. The van der Waals surface area contributed by atoms with E-state index in [1.807, 2.05) is 0 Å². The minimum atomic E-state index is -0.960. The number of rotatable bonds is 38. The van der Waals surface area contributed by atoms with E-state index in [0.717, 1.165) is 77.0 Å². The zero-order valence-electron chi connectivity index (χ0n) is 41.4. The molecule has 0 spiro atoms. The van der Waals surface area contributed by atoms with E-state index >= 15 is 0 Å². The van der Waals surface area contributed by atoms with Crippen LogP contribution >= 0.6 is 0 Å². The largest absolute Gasteiger partial charge is 0.463 e. The quantitative estimate of drug-likeness (QED) is 0.0232. The van der Waals surface area contributed by atoms with E-state index < -0.39 is 41.9 Å². The van der Waals surface area contributed by atoms with Crippen molar-refractivity contribution >= 4 is 54.0 Å². The first-order valence-electron chi connectivity index (χ1n) is 25.3. The van der Waals surface area contributed by atoms with Crippen LogP contribution in [0.1, 0.15) is 152 Å². The summed E-state index contributed by atoms with van der Waals surface area (Å²) in [4.78, 5) is 73.9. The maximum Gasteiger partial charge on any atom is 0.330 e. The van der Waals surface area contributed by atoms with Gasteiger partial charge in [-0.05, 0) is 110 Å². The molecule has 0 saturated carbocycles. The van der Waals surface area contributed by atoms with Crippen LogP contribution in [0.4, 0.5) is 13.2 Å². The molecule has 0 saturated heterocycles. The topological polar surface area (TPSA) is 158 Å². The van der Waals surface area contributed by atoms with E-state index in [1.165, 1.54) is 54.6 Å². The standard InChI is InChI=1S/C57H71F3O12/c58-48-31-22-45(23-32-48)28-37-54(63)67-40-16-10-4-1-7-13-19-52(61)70-43-51(72-57(66)21-15-9-3-6-12-18-42-69-56(65)39-30-47-26-35-50(60)36-27-47)44-71-53(62)20-14-8-2-5-11-17-41-68-55(64)38-29-46-24-33-49(59)34-25-46/h22-39,51H,1-21,40-44H2. The highest BCUT2D eigenvalue weighted by Crippen LogP contribution is 2.14. The molecule has 0 aromatic heterocycles. The van der Waals surface area contributed by atoms with E-state index in [9.17, 15) is 41.9 Å². The number of hydrogen-bond acceptors (Lipinski definition) is 12. The van der Waals surface area contributed by atoms with Gasteiger partial charge in [0.2, 0.25) is 0 Å². The number of carbonyl (C=O) groups is 6. The monoisotopic (exact) mass is 1000 g/mol. The maximum absolute atomic E-state index is 13.1. The third-order valence-electron chi connectivity index (χ3n) is 11.1. The summed E-state index contributed by atoms with van der Waals surface area (Å²) >= 11 is 0. The van der Waals surface area contributed by atoms with Crippen LogP contribution in [0.2, 0.25) is 0 Å². The van der Waals surface area contributed by atoms with Crippen molar-refractivity contribution in [1.29, 1.82) is 0 Å². The Labute approximate surface area is 422 Å². The predicted molar refractivity (Wildman–Crippen MR) is 268 cm³/mol. The molecular weight excluding hydrogens is 934 g/mol. The van der Waals surface area contributed by atoms with Gasteiger partial charge in [-0.15, -0.1) is 0 Å². The van der Waals surface area contributed by atoms with E-state index in [1.54, 1.807) is 54.6 Å². The summed E-state index contributed by atoms with van der Waals surface area (Å²) in [7, 11) is 0. The van der Waals surface area contributed by atoms with Crippen LogP contribution < -0.4 is 0 Å². The molecular formula is C57H71F3O12. The van der Waals surface area contributed by atoms with Gasteiger partial charge in [-0.1, -0.05) is 113 Å². The Morgan fingerprint density at radius 2 is 0.611 bits per heavy atom. The molecule has 392 valence electrons. The van der Waals surface area contributed by atoms with Gasteiger partial charge in [0, 0.05) is 37.5 Å². The lowest BCUT2D eigenvalue weighted by Gasteiger charge is -2.18. The Morgan fingerprint density at radius 3 is 0.917 bits per heavy atom. The van der Waals surface area contributed by atoms with Crippen molar-refractivity contribution in [3.05, 3.63) is 125 Å². The first-order chi connectivity index (χ1) is 34.9. The molecule has 3 aromatic rings. The zero-order chi connectivity index (χ0) is 51.9. The number of halogens is 3. The lowest BCUT2D eigenvalue weighted by molar-refractivity contribution is -0.167. The minimum absolute atomic E-state index is 0.143. The lowest BCUT2D eigenvalue weighted by atomic mass is 10.1. The molecule has 0 heterocycles. The molecule has 0 unspecified atom stereocenters. The van der Waals surface area contributed by atoms with Crippen molar-refractivity contribution in [2.75, 3.05) is 33.0 Å². The van der Waals surface area contributed by atoms with Gasteiger partial charge in [0.1, 0.15) is 30.7 Å². The summed E-state index contributed by atoms with van der Waals surface area (Å²) in [5.74, 6) is -3.84. The fraction of sp³-hybridized carbons (Fsp3) is 0.474. The molecule has 0 aliphatic heterocycles. The molecule has 0 aliphatic carbocycles. The molecule has 0 radical (unpaired) electrons. The van der Waals surface area contributed by atoms with Crippen molar-refractivity contribution in [1.82, 2.24) is 0 Å². The lowest BCUT2D eigenvalue weighted by Crippen LogP contribution is -2.30. The van der Waals surface area contributed by atoms with Gasteiger partial charge in [0.15, 0.2) is 6.10 Å². The normalized spacial score (nSPS) is 11.7. The Bertz CT molecular complexity index is 2020. The van der Waals surface area contributed by atoms with Crippen LogP contribution in [0.25, 0.3) is 18.2 Å². The first-order valence-corrected chi connectivity index (χ1v) is 25.3. The van der Waals surface area contributed by atoms with Crippen LogP contribution in [0.5, 0.6) is 0 Å². The minimum Gasteiger partial charge on any atom is -0.463 e. The number of benzene rings is 3. The molecule has 0 N–H and O–H groups in total. The van der Waals surface area contributed by atoms with Crippen LogP contribution in [-0.4, -0.2) is 75.0 Å². The summed E-state index contributed by atoms with van der Waals surface area (Å²) in [6.45, 7) is 0.359. The third-order valence-corrected chi connectivity index (χ3v) is 11.1. The summed E-state index contributed by atoms with van der Waals surface area (Å²) in [5.41, 5.74) is 2.08. The Morgan fingerprint density at radius 1 is 0.347 bits per heavy atom. The van der Waals surface area contributed by atoms with Crippen LogP contribution in [-0.2, 0) is 57.2 Å². The van der Waals surface area contributed by atoms with Crippen molar-refractivity contribution < 1.29 is 70.4 Å². The van der Waals surface area contributed by atoms with Crippen molar-refractivity contribution in [3.8, 4) is 0 Å². The van der Waals surface area contributed by atoms with Crippen molar-refractivity contribution in [2.24, 2.45) is 0 Å². The number of hydrogen-bond donors (Lipinski definition) is 0. The van der Waals surface area contributed by atoms with Gasteiger partial charge >= 0.3 is 35.8 Å². The Balaban J connectivity index is 1.27. The molecule has 3 rings (SSSR count). The molecule has 12 nitrogen and oxygen atoms in total. The highest BCUT2D eigenvalue weighted by molar-refractivity contribution is 5.88. The van der Waals surface area contributed by atoms with Gasteiger partial charge < -0.3 is 28.4 Å². The van der Waals surface area contributed by atoms with Crippen molar-refractivity contribution in [3.63, 3.8) is 0 Å². The zero-order valence-corrected chi connectivity index (χ0v) is 41.4. The second-order valence-corrected chi connectivity index (χ2v) is 17.2.